The van der Waals surface area contributed by atoms with Crippen LogP contribution in [0.25, 0.3) is 0 Å². The van der Waals surface area contributed by atoms with Crippen molar-refractivity contribution in [3.05, 3.63) is 29.3 Å². The van der Waals surface area contributed by atoms with Crippen molar-refractivity contribution < 1.29 is 19.4 Å². The molecule has 1 amide bonds. The number of carbonyl (C=O) groups excluding carboxylic acids is 1. The highest BCUT2D eigenvalue weighted by atomic mass is 35.5. The summed E-state index contributed by atoms with van der Waals surface area (Å²) in [4.78, 5) is 24.6. The van der Waals surface area contributed by atoms with Gasteiger partial charge in [0.15, 0.2) is 6.10 Å². The topological polar surface area (TPSA) is 66.8 Å². The number of rotatable bonds is 7. The maximum Gasteiger partial charge on any atom is 0.305 e. The number of amides is 1. The standard InChI is InChI=1S/C15H20ClNO4/c1-4-17(10(2)9-14(18)19)15(20)11(3)21-13-8-6-5-7-12(13)16/h5-8,10-11H,4,9H2,1-3H3,(H,18,19). The molecule has 0 heterocycles. The normalized spacial score (nSPS) is 13.3. The van der Waals surface area contributed by atoms with Crippen LogP contribution in [0.4, 0.5) is 0 Å². The van der Waals surface area contributed by atoms with Crippen LogP contribution in [0.1, 0.15) is 27.2 Å². The molecule has 5 nitrogen and oxygen atoms in total. The molecule has 1 rings (SSSR count). The summed E-state index contributed by atoms with van der Waals surface area (Å²) >= 11 is 5.99. The van der Waals surface area contributed by atoms with Crippen molar-refractivity contribution in [1.82, 2.24) is 4.90 Å². The minimum Gasteiger partial charge on any atom is -0.481 e. The third kappa shape index (κ3) is 4.93. The number of para-hydroxylation sites is 1. The molecule has 0 bridgehead atoms. The number of nitrogens with zero attached hydrogens (tertiary/aromatic N) is 1. The lowest BCUT2D eigenvalue weighted by atomic mass is 10.2. The quantitative estimate of drug-likeness (QED) is 0.840. The van der Waals surface area contributed by atoms with E-state index in [1.165, 1.54) is 4.90 Å². The highest BCUT2D eigenvalue weighted by Gasteiger charge is 2.26. The predicted octanol–water partition coefficient (Wildman–Crippen LogP) is 2.82. The van der Waals surface area contributed by atoms with E-state index in [4.69, 9.17) is 21.4 Å². The molecule has 0 aliphatic heterocycles. The molecule has 2 atom stereocenters. The van der Waals surface area contributed by atoms with Crippen LogP contribution in [-0.4, -0.2) is 40.6 Å². The van der Waals surface area contributed by atoms with Gasteiger partial charge in [-0.05, 0) is 32.9 Å². The summed E-state index contributed by atoms with van der Waals surface area (Å²) < 4.78 is 5.57. The van der Waals surface area contributed by atoms with E-state index in [1.54, 1.807) is 45.0 Å². The number of carboxylic acids is 1. The minimum atomic E-state index is -0.937. The summed E-state index contributed by atoms with van der Waals surface area (Å²) in [7, 11) is 0. The molecule has 6 heteroatoms. The SMILES string of the molecule is CCN(C(=O)C(C)Oc1ccccc1Cl)C(C)CC(=O)O. The fraction of sp³-hybridized carbons (Fsp3) is 0.467. The van der Waals surface area contributed by atoms with Crippen molar-refractivity contribution in [2.75, 3.05) is 6.54 Å². The van der Waals surface area contributed by atoms with Gasteiger partial charge in [-0.15, -0.1) is 0 Å². The van der Waals surface area contributed by atoms with Crippen LogP contribution >= 0.6 is 11.6 Å². The number of aliphatic carboxylic acids is 1. The number of hydrogen-bond donors (Lipinski definition) is 1. The van der Waals surface area contributed by atoms with Crippen LogP contribution in [0.15, 0.2) is 24.3 Å². The summed E-state index contributed by atoms with van der Waals surface area (Å²) in [5.41, 5.74) is 0. The van der Waals surface area contributed by atoms with Crippen molar-refractivity contribution in [3.63, 3.8) is 0 Å². The summed E-state index contributed by atoms with van der Waals surface area (Å²) in [5, 5.41) is 9.26. The monoisotopic (exact) mass is 313 g/mol. The Balaban J connectivity index is 2.75. The highest BCUT2D eigenvalue weighted by Crippen LogP contribution is 2.24. The zero-order valence-electron chi connectivity index (χ0n) is 12.4. The van der Waals surface area contributed by atoms with E-state index in [2.05, 4.69) is 0 Å². The van der Waals surface area contributed by atoms with Crippen LogP contribution in [0.5, 0.6) is 5.75 Å². The van der Waals surface area contributed by atoms with Gasteiger partial charge in [-0.3, -0.25) is 9.59 Å². The molecule has 21 heavy (non-hydrogen) atoms. The van der Waals surface area contributed by atoms with Gasteiger partial charge in [0.05, 0.1) is 11.4 Å². The molecule has 0 saturated carbocycles. The number of likely N-dealkylation sites (N-methyl/N-ethyl adjacent to an activating group) is 1. The third-order valence-electron chi connectivity index (χ3n) is 3.11. The Morgan fingerprint density at radius 3 is 2.48 bits per heavy atom. The van der Waals surface area contributed by atoms with E-state index < -0.39 is 18.1 Å². The smallest absolute Gasteiger partial charge is 0.305 e. The lowest BCUT2D eigenvalue weighted by Crippen LogP contribution is -2.46. The van der Waals surface area contributed by atoms with Gasteiger partial charge in [0.1, 0.15) is 5.75 Å². The van der Waals surface area contributed by atoms with E-state index in [1.807, 2.05) is 0 Å². The van der Waals surface area contributed by atoms with Gasteiger partial charge in [-0.2, -0.15) is 0 Å². The summed E-state index contributed by atoms with van der Waals surface area (Å²) in [5.74, 6) is -0.762. The Kier molecular flexibility index (Phi) is 6.49. The molecule has 0 radical (unpaired) electrons. The first-order valence-electron chi connectivity index (χ1n) is 6.80. The highest BCUT2D eigenvalue weighted by molar-refractivity contribution is 6.32. The zero-order valence-corrected chi connectivity index (χ0v) is 13.1. The number of halogens is 1. The molecule has 1 N–H and O–H groups in total. The maximum atomic E-state index is 12.4. The summed E-state index contributed by atoms with van der Waals surface area (Å²) in [6.07, 6.45) is -0.834. The predicted molar refractivity (Wildman–Crippen MR) is 80.6 cm³/mol. The largest absolute Gasteiger partial charge is 0.481 e. The average molecular weight is 314 g/mol. The van der Waals surface area contributed by atoms with Crippen molar-refractivity contribution in [2.24, 2.45) is 0 Å². The molecular formula is C15H20ClNO4. The van der Waals surface area contributed by atoms with Gasteiger partial charge in [0.2, 0.25) is 0 Å². The second kappa shape index (κ2) is 7.88. The zero-order chi connectivity index (χ0) is 16.0. The molecule has 0 aliphatic rings. The van der Waals surface area contributed by atoms with Crippen molar-refractivity contribution >= 4 is 23.5 Å². The molecule has 0 aliphatic carbocycles. The Bertz CT molecular complexity index is 506. The van der Waals surface area contributed by atoms with Gasteiger partial charge in [-0.25, -0.2) is 0 Å². The van der Waals surface area contributed by atoms with E-state index in [-0.39, 0.29) is 12.3 Å². The number of benzene rings is 1. The summed E-state index contributed by atoms with van der Waals surface area (Å²) in [6, 6.07) is 6.51. The van der Waals surface area contributed by atoms with Crippen molar-refractivity contribution in [2.45, 2.75) is 39.3 Å². The van der Waals surface area contributed by atoms with Crippen LogP contribution in [0.2, 0.25) is 5.02 Å². The van der Waals surface area contributed by atoms with Gasteiger partial charge >= 0.3 is 5.97 Å². The van der Waals surface area contributed by atoms with E-state index >= 15 is 0 Å². The second-order valence-corrected chi connectivity index (χ2v) is 5.17. The number of carbonyl (C=O) groups is 2. The Morgan fingerprint density at radius 1 is 1.33 bits per heavy atom. The second-order valence-electron chi connectivity index (χ2n) is 4.76. The molecule has 0 saturated heterocycles. The lowest BCUT2D eigenvalue weighted by molar-refractivity contribution is -0.143. The van der Waals surface area contributed by atoms with Gasteiger partial charge in [0, 0.05) is 12.6 Å². The first kappa shape index (κ1) is 17.3. The average Bonchev–Trinajstić information content (AvgIpc) is 2.41. The van der Waals surface area contributed by atoms with E-state index in [0.29, 0.717) is 17.3 Å². The lowest BCUT2D eigenvalue weighted by Gasteiger charge is -2.29. The fourth-order valence-corrected chi connectivity index (χ4v) is 2.24. The first-order chi connectivity index (χ1) is 9.86. The van der Waals surface area contributed by atoms with Crippen LogP contribution in [0, 0.1) is 0 Å². The Hall–Kier alpha value is -1.75. The first-order valence-corrected chi connectivity index (χ1v) is 7.18. The van der Waals surface area contributed by atoms with E-state index in [9.17, 15) is 9.59 Å². The minimum absolute atomic E-state index is 0.0988. The van der Waals surface area contributed by atoms with E-state index in [0.717, 1.165) is 0 Å². The summed E-state index contributed by atoms with van der Waals surface area (Å²) in [6.45, 7) is 5.56. The van der Waals surface area contributed by atoms with Crippen molar-refractivity contribution in [1.29, 1.82) is 0 Å². The number of ether oxygens (including phenoxy) is 1. The molecular weight excluding hydrogens is 294 g/mol. The van der Waals surface area contributed by atoms with Crippen LogP contribution in [0.3, 0.4) is 0 Å². The Labute approximate surface area is 129 Å². The molecule has 1 aromatic rings. The Morgan fingerprint density at radius 2 is 1.95 bits per heavy atom. The molecule has 0 fully saturated rings. The molecule has 116 valence electrons. The maximum absolute atomic E-state index is 12.4. The molecule has 0 spiro atoms. The number of hydrogen-bond acceptors (Lipinski definition) is 3. The van der Waals surface area contributed by atoms with Crippen molar-refractivity contribution in [3.8, 4) is 5.75 Å². The third-order valence-corrected chi connectivity index (χ3v) is 3.43. The van der Waals surface area contributed by atoms with Gasteiger partial charge in [0.25, 0.3) is 5.91 Å². The fourth-order valence-electron chi connectivity index (χ4n) is 2.06. The van der Waals surface area contributed by atoms with Gasteiger partial charge in [-0.1, -0.05) is 23.7 Å². The van der Waals surface area contributed by atoms with Gasteiger partial charge < -0.3 is 14.7 Å². The molecule has 2 unspecified atom stereocenters. The van der Waals surface area contributed by atoms with Crippen LogP contribution in [-0.2, 0) is 9.59 Å². The molecule has 1 aromatic carbocycles. The van der Waals surface area contributed by atoms with Crippen LogP contribution < -0.4 is 4.74 Å². The molecule has 0 aromatic heterocycles. The number of carboxylic acid groups (broad SMARTS) is 1.